The minimum absolute atomic E-state index is 0. The molecule has 30 heavy (non-hydrogen) atoms. The van der Waals surface area contributed by atoms with Gasteiger partial charge in [-0.05, 0) is 30.7 Å². The monoisotopic (exact) mass is 527 g/mol. The van der Waals surface area contributed by atoms with Crippen LogP contribution in [-0.2, 0) is 17.9 Å². The van der Waals surface area contributed by atoms with E-state index in [0.29, 0.717) is 19.0 Å². The SMILES string of the molecule is CN=C(NCCN(C)CCCOC)NCc1ccnc(OCc2ccccc2)c1.I. The average Bonchev–Trinajstić information content (AvgIpc) is 2.76. The summed E-state index contributed by atoms with van der Waals surface area (Å²) in [5, 5.41) is 6.67. The van der Waals surface area contributed by atoms with Crippen molar-refractivity contribution < 1.29 is 9.47 Å². The van der Waals surface area contributed by atoms with Crippen molar-refractivity contribution in [2.45, 2.75) is 19.6 Å². The van der Waals surface area contributed by atoms with Gasteiger partial charge in [-0.3, -0.25) is 4.99 Å². The fourth-order valence-electron chi connectivity index (χ4n) is 2.73. The van der Waals surface area contributed by atoms with E-state index in [1.807, 2.05) is 42.5 Å². The third kappa shape index (κ3) is 10.7. The molecule has 0 spiro atoms. The molecule has 2 N–H and O–H groups in total. The fraction of sp³-hybridized carbons (Fsp3) is 0.455. The summed E-state index contributed by atoms with van der Waals surface area (Å²) in [4.78, 5) is 10.9. The number of likely N-dealkylation sites (N-methyl/N-ethyl adjacent to an activating group) is 1. The maximum atomic E-state index is 5.80. The van der Waals surface area contributed by atoms with Crippen molar-refractivity contribution in [1.82, 2.24) is 20.5 Å². The normalized spacial score (nSPS) is 11.1. The van der Waals surface area contributed by atoms with E-state index in [0.717, 1.165) is 49.7 Å². The summed E-state index contributed by atoms with van der Waals surface area (Å²) in [6.45, 7) is 4.73. The number of nitrogens with one attached hydrogen (secondary N) is 2. The topological polar surface area (TPSA) is 71.0 Å². The molecule has 2 aromatic rings. The van der Waals surface area contributed by atoms with Crippen molar-refractivity contribution in [2.75, 3.05) is 47.4 Å². The Morgan fingerprint density at radius 3 is 2.63 bits per heavy atom. The van der Waals surface area contributed by atoms with Crippen LogP contribution in [0.15, 0.2) is 53.7 Å². The van der Waals surface area contributed by atoms with Gasteiger partial charge in [0, 0.05) is 59.2 Å². The second-order valence-corrected chi connectivity index (χ2v) is 6.78. The number of nitrogens with zero attached hydrogens (tertiary/aromatic N) is 3. The molecule has 0 aliphatic heterocycles. The Kier molecular flexibility index (Phi) is 13.8. The minimum atomic E-state index is 0. The Bertz CT molecular complexity index is 730. The predicted octanol–water partition coefficient (Wildman–Crippen LogP) is 2.91. The molecule has 1 heterocycles. The van der Waals surface area contributed by atoms with E-state index >= 15 is 0 Å². The van der Waals surface area contributed by atoms with Crippen LogP contribution in [-0.4, -0.2) is 63.3 Å². The second kappa shape index (κ2) is 15.9. The number of aromatic nitrogens is 1. The van der Waals surface area contributed by atoms with E-state index in [9.17, 15) is 0 Å². The minimum Gasteiger partial charge on any atom is -0.473 e. The van der Waals surface area contributed by atoms with Gasteiger partial charge in [0.25, 0.3) is 0 Å². The highest BCUT2D eigenvalue weighted by atomic mass is 127. The molecule has 0 aliphatic rings. The lowest BCUT2D eigenvalue weighted by Gasteiger charge is -2.18. The molecule has 0 saturated carbocycles. The average molecular weight is 527 g/mol. The molecule has 2 rings (SSSR count). The maximum absolute atomic E-state index is 5.80. The number of halogens is 1. The molecule has 8 heteroatoms. The molecule has 1 aromatic carbocycles. The Labute approximate surface area is 197 Å². The first-order chi connectivity index (χ1) is 14.2. The third-order valence-electron chi connectivity index (χ3n) is 4.39. The number of pyridine rings is 1. The van der Waals surface area contributed by atoms with Crippen LogP contribution in [0.1, 0.15) is 17.5 Å². The van der Waals surface area contributed by atoms with Crippen molar-refractivity contribution >= 4 is 29.9 Å². The molecule has 0 unspecified atom stereocenters. The summed E-state index contributed by atoms with van der Waals surface area (Å²) in [7, 11) is 5.62. The van der Waals surface area contributed by atoms with E-state index in [2.05, 4.69) is 32.6 Å². The zero-order valence-corrected chi connectivity index (χ0v) is 20.5. The first kappa shape index (κ1) is 26.1. The Morgan fingerprint density at radius 2 is 1.90 bits per heavy atom. The fourth-order valence-corrected chi connectivity index (χ4v) is 2.73. The van der Waals surface area contributed by atoms with Gasteiger partial charge in [-0.1, -0.05) is 30.3 Å². The quantitative estimate of drug-likeness (QED) is 0.192. The van der Waals surface area contributed by atoms with Gasteiger partial charge in [-0.2, -0.15) is 0 Å². The standard InChI is InChI=1S/C22H33N5O2.HI/c1-23-22(25-12-14-27(2)13-7-15-28-3)26-17-20-10-11-24-21(16-20)29-18-19-8-5-4-6-9-19;/h4-6,8-11,16H,7,12-15,17-18H2,1-3H3,(H2,23,25,26);1H. The maximum Gasteiger partial charge on any atom is 0.213 e. The van der Waals surface area contributed by atoms with Crippen molar-refractivity contribution in [3.63, 3.8) is 0 Å². The van der Waals surface area contributed by atoms with Crippen LogP contribution >= 0.6 is 24.0 Å². The van der Waals surface area contributed by atoms with Crippen molar-refractivity contribution in [3.8, 4) is 5.88 Å². The van der Waals surface area contributed by atoms with Gasteiger partial charge >= 0.3 is 0 Å². The zero-order chi connectivity index (χ0) is 20.7. The molecular weight excluding hydrogens is 493 g/mol. The van der Waals surface area contributed by atoms with Gasteiger partial charge in [0.2, 0.25) is 5.88 Å². The van der Waals surface area contributed by atoms with Crippen molar-refractivity contribution in [1.29, 1.82) is 0 Å². The highest BCUT2D eigenvalue weighted by Crippen LogP contribution is 2.11. The molecule has 0 aliphatic carbocycles. The molecule has 0 bridgehead atoms. The molecule has 0 amide bonds. The van der Waals surface area contributed by atoms with Crippen LogP contribution in [0.2, 0.25) is 0 Å². The van der Waals surface area contributed by atoms with Gasteiger partial charge in [0.1, 0.15) is 6.61 Å². The number of hydrogen-bond donors (Lipinski definition) is 2. The molecular formula is C22H34IN5O2. The summed E-state index contributed by atoms with van der Waals surface area (Å²) in [5.74, 6) is 1.40. The number of guanidine groups is 1. The molecule has 0 atom stereocenters. The number of hydrogen-bond acceptors (Lipinski definition) is 5. The number of ether oxygens (including phenoxy) is 2. The molecule has 0 radical (unpaired) electrons. The number of methoxy groups -OCH3 is 1. The van der Waals surface area contributed by atoms with Crippen LogP contribution in [0.3, 0.4) is 0 Å². The lowest BCUT2D eigenvalue weighted by molar-refractivity contribution is 0.180. The van der Waals surface area contributed by atoms with Crippen LogP contribution in [0.4, 0.5) is 0 Å². The molecule has 0 fully saturated rings. The molecule has 166 valence electrons. The first-order valence-electron chi connectivity index (χ1n) is 9.95. The highest BCUT2D eigenvalue weighted by molar-refractivity contribution is 14.0. The van der Waals surface area contributed by atoms with Crippen LogP contribution in [0, 0.1) is 0 Å². The van der Waals surface area contributed by atoms with E-state index in [1.165, 1.54) is 0 Å². The van der Waals surface area contributed by atoms with Gasteiger partial charge < -0.3 is 25.0 Å². The van der Waals surface area contributed by atoms with Gasteiger partial charge in [-0.15, -0.1) is 24.0 Å². The van der Waals surface area contributed by atoms with E-state index in [4.69, 9.17) is 9.47 Å². The van der Waals surface area contributed by atoms with Crippen molar-refractivity contribution in [3.05, 3.63) is 59.8 Å². The number of rotatable bonds is 12. The Balaban J connectivity index is 0.00000450. The Hall–Kier alpha value is -1.91. The second-order valence-electron chi connectivity index (χ2n) is 6.78. The summed E-state index contributed by atoms with van der Waals surface area (Å²) in [6.07, 6.45) is 2.80. The van der Waals surface area contributed by atoms with Gasteiger partial charge in [0.05, 0.1) is 0 Å². The summed E-state index contributed by atoms with van der Waals surface area (Å²) < 4.78 is 10.9. The summed E-state index contributed by atoms with van der Waals surface area (Å²) in [5.41, 5.74) is 2.21. The van der Waals surface area contributed by atoms with Crippen molar-refractivity contribution in [2.24, 2.45) is 4.99 Å². The van der Waals surface area contributed by atoms with Crippen LogP contribution in [0.5, 0.6) is 5.88 Å². The lowest BCUT2D eigenvalue weighted by atomic mass is 10.2. The van der Waals surface area contributed by atoms with Crippen LogP contribution in [0.25, 0.3) is 0 Å². The van der Waals surface area contributed by atoms with E-state index < -0.39 is 0 Å². The molecule has 7 nitrogen and oxygen atoms in total. The predicted molar refractivity (Wildman–Crippen MR) is 133 cm³/mol. The van der Waals surface area contributed by atoms with E-state index in [1.54, 1.807) is 20.4 Å². The highest BCUT2D eigenvalue weighted by Gasteiger charge is 2.03. The lowest BCUT2D eigenvalue weighted by Crippen LogP contribution is -2.40. The zero-order valence-electron chi connectivity index (χ0n) is 18.1. The first-order valence-corrected chi connectivity index (χ1v) is 9.95. The van der Waals surface area contributed by atoms with Crippen LogP contribution < -0.4 is 15.4 Å². The third-order valence-corrected chi connectivity index (χ3v) is 4.39. The number of aliphatic imine (C=N–C) groups is 1. The van der Waals surface area contributed by atoms with Gasteiger partial charge in [0.15, 0.2) is 5.96 Å². The largest absolute Gasteiger partial charge is 0.473 e. The Morgan fingerprint density at radius 1 is 1.10 bits per heavy atom. The smallest absolute Gasteiger partial charge is 0.213 e. The van der Waals surface area contributed by atoms with Gasteiger partial charge in [-0.25, -0.2) is 4.98 Å². The summed E-state index contributed by atoms with van der Waals surface area (Å²) in [6, 6.07) is 14.0. The number of benzene rings is 1. The molecule has 1 aromatic heterocycles. The summed E-state index contributed by atoms with van der Waals surface area (Å²) >= 11 is 0. The molecule has 0 saturated heterocycles. The van der Waals surface area contributed by atoms with E-state index in [-0.39, 0.29) is 24.0 Å².